The van der Waals surface area contributed by atoms with Crippen LogP contribution in [-0.2, 0) is 20.7 Å². The number of hydrogen-bond acceptors (Lipinski definition) is 6. The van der Waals surface area contributed by atoms with E-state index in [0.29, 0.717) is 18.6 Å². The highest BCUT2D eigenvalue weighted by Crippen LogP contribution is 2.47. The van der Waals surface area contributed by atoms with Gasteiger partial charge < -0.3 is 10.1 Å². The molecule has 0 amide bonds. The van der Waals surface area contributed by atoms with Gasteiger partial charge >= 0.3 is 5.97 Å². The molecule has 164 valence electrons. The Hall–Kier alpha value is -2.18. The van der Waals surface area contributed by atoms with E-state index < -0.39 is 0 Å². The minimum atomic E-state index is -0.349. The number of nitrogens with one attached hydrogen (secondary N) is 1. The lowest BCUT2D eigenvalue weighted by Gasteiger charge is -2.36. The van der Waals surface area contributed by atoms with E-state index in [1.807, 2.05) is 26.8 Å². The van der Waals surface area contributed by atoms with E-state index in [1.165, 1.54) is 9.75 Å². The molecule has 3 heterocycles. The number of esters is 1. The first-order valence-corrected chi connectivity index (χ1v) is 12.6. The first-order chi connectivity index (χ1) is 14.9. The zero-order chi connectivity index (χ0) is 22.1. The van der Waals surface area contributed by atoms with E-state index in [-0.39, 0.29) is 29.5 Å². The second kappa shape index (κ2) is 9.13. The molecular formula is C25H29NO3S2. The monoisotopic (exact) mass is 455 g/mol. The largest absolute Gasteiger partial charge is 0.462 e. The first kappa shape index (κ1) is 22.0. The second-order valence-corrected chi connectivity index (χ2v) is 10.9. The van der Waals surface area contributed by atoms with Crippen LogP contribution < -0.4 is 5.32 Å². The Morgan fingerprint density at radius 3 is 2.68 bits per heavy atom. The molecule has 2 unspecified atom stereocenters. The lowest BCUT2D eigenvalue weighted by atomic mass is 9.74. The van der Waals surface area contributed by atoms with Crippen LogP contribution >= 0.6 is 22.7 Å². The number of dihydropyridines is 1. The topological polar surface area (TPSA) is 55.4 Å². The smallest absolute Gasteiger partial charge is 0.336 e. The molecule has 0 spiro atoms. The van der Waals surface area contributed by atoms with Crippen molar-refractivity contribution in [1.29, 1.82) is 0 Å². The van der Waals surface area contributed by atoms with Gasteiger partial charge in [-0.15, -0.1) is 22.7 Å². The third-order valence-corrected chi connectivity index (χ3v) is 8.19. The Morgan fingerprint density at radius 2 is 2.03 bits per heavy atom. The van der Waals surface area contributed by atoms with Crippen molar-refractivity contribution in [3.63, 3.8) is 0 Å². The Labute approximate surface area is 192 Å². The van der Waals surface area contributed by atoms with E-state index in [4.69, 9.17) is 4.74 Å². The summed E-state index contributed by atoms with van der Waals surface area (Å²) in [5.74, 6) is -0.0970. The van der Waals surface area contributed by atoms with Crippen LogP contribution in [0.4, 0.5) is 0 Å². The van der Waals surface area contributed by atoms with E-state index in [2.05, 4.69) is 35.8 Å². The fourth-order valence-corrected chi connectivity index (χ4v) is 6.28. The van der Waals surface area contributed by atoms with Gasteiger partial charge in [0.15, 0.2) is 5.78 Å². The van der Waals surface area contributed by atoms with Crippen molar-refractivity contribution in [2.24, 2.45) is 5.92 Å². The average molecular weight is 456 g/mol. The number of carbonyl (C=O) groups excluding carboxylic acids is 2. The molecule has 31 heavy (non-hydrogen) atoms. The number of thiophene rings is 2. The van der Waals surface area contributed by atoms with Crippen LogP contribution in [0.5, 0.6) is 0 Å². The summed E-state index contributed by atoms with van der Waals surface area (Å²) in [4.78, 5) is 30.2. The second-order valence-electron chi connectivity index (χ2n) is 8.68. The number of ether oxygens (including phenoxy) is 1. The van der Waals surface area contributed by atoms with Crippen LogP contribution in [0.3, 0.4) is 0 Å². The van der Waals surface area contributed by atoms with Gasteiger partial charge in [-0.05, 0) is 49.3 Å². The van der Waals surface area contributed by atoms with E-state index in [9.17, 15) is 9.59 Å². The maximum atomic E-state index is 13.5. The maximum absolute atomic E-state index is 13.5. The van der Waals surface area contributed by atoms with Crippen molar-refractivity contribution >= 4 is 34.4 Å². The van der Waals surface area contributed by atoms with Crippen molar-refractivity contribution in [2.45, 2.75) is 58.8 Å². The number of Topliss-reactive ketones (excluding diaryl/α,β-unsaturated/α-hetero) is 1. The van der Waals surface area contributed by atoms with Gasteiger partial charge in [0.25, 0.3) is 0 Å². The fourth-order valence-electron chi connectivity index (χ4n) is 4.38. The fraction of sp³-hybridized carbons (Fsp3) is 0.440. The van der Waals surface area contributed by atoms with Crippen LogP contribution in [0.15, 0.2) is 52.2 Å². The minimum absolute atomic E-state index is 0.130. The van der Waals surface area contributed by atoms with Gasteiger partial charge in [-0.25, -0.2) is 4.79 Å². The molecule has 2 aromatic heterocycles. The Kier molecular flexibility index (Phi) is 6.49. The van der Waals surface area contributed by atoms with Crippen LogP contribution in [0, 0.1) is 5.92 Å². The van der Waals surface area contributed by atoms with E-state index >= 15 is 0 Å². The molecule has 0 radical (unpaired) electrons. The molecule has 2 aromatic rings. The summed E-state index contributed by atoms with van der Waals surface area (Å²) in [6.07, 6.45) is 2.21. The van der Waals surface area contributed by atoms with Crippen LogP contribution in [0.1, 0.15) is 67.0 Å². The number of hydrogen-bond donors (Lipinski definition) is 1. The zero-order valence-electron chi connectivity index (χ0n) is 18.5. The van der Waals surface area contributed by atoms with Crippen LogP contribution in [-0.4, -0.2) is 18.4 Å². The molecule has 0 fully saturated rings. The third-order valence-electron chi connectivity index (χ3n) is 5.86. The SMILES string of the molecule is CCc1ccc(C2C(C(=O)OCC(C)C)=C(C)NC3=C2C(=O)CC(c2cccs2)C3)s1. The molecule has 0 saturated heterocycles. The molecule has 1 aliphatic heterocycles. The van der Waals surface area contributed by atoms with Gasteiger partial charge in [-0.1, -0.05) is 26.8 Å². The maximum Gasteiger partial charge on any atom is 0.336 e. The van der Waals surface area contributed by atoms with Crippen molar-refractivity contribution < 1.29 is 14.3 Å². The van der Waals surface area contributed by atoms with Gasteiger partial charge in [-0.3, -0.25) is 4.79 Å². The summed E-state index contributed by atoms with van der Waals surface area (Å²) in [6.45, 7) is 8.46. The predicted octanol–water partition coefficient (Wildman–Crippen LogP) is 5.93. The highest BCUT2D eigenvalue weighted by atomic mass is 32.1. The van der Waals surface area contributed by atoms with Crippen molar-refractivity contribution in [1.82, 2.24) is 5.32 Å². The highest BCUT2D eigenvalue weighted by molar-refractivity contribution is 7.12. The molecule has 2 aliphatic rings. The van der Waals surface area contributed by atoms with Crippen molar-refractivity contribution in [3.8, 4) is 0 Å². The van der Waals surface area contributed by atoms with Gasteiger partial charge in [0.2, 0.25) is 0 Å². The molecule has 0 saturated carbocycles. The average Bonchev–Trinajstić information content (AvgIpc) is 3.42. The minimum Gasteiger partial charge on any atom is -0.462 e. The molecular weight excluding hydrogens is 426 g/mol. The number of rotatable bonds is 6. The normalized spacial score (nSPS) is 21.4. The molecule has 4 nitrogen and oxygen atoms in total. The Balaban J connectivity index is 1.75. The number of aryl methyl sites for hydroxylation is 1. The quantitative estimate of drug-likeness (QED) is 0.548. The van der Waals surface area contributed by atoms with Crippen molar-refractivity contribution in [3.05, 3.63) is 66.8 Å². The predicted molar refractivity (Wildman–Crippen MR) is 126 cm³/mol. The molecule has 0 bridgehead atoms. The summed E-state index contributed by atoms with van der Waals surface area (Å²) in [6, 6.07) is 8.33. The van der Waals surface area contributed by atoms with Gasteiger partial charge in [0, 0.05) is 43.9 Å². The standard InChI is InChI=1S/C25H29NO3S2/c1-5-17-8-9-21(31-17)24-22(25(28)29-13-14(2)3)15(4)26-18-11-16(12-19(27)23(18)24)20-7-6-10-30-20/h6-10,14,16,24,26H,5,11-13H2,1-4H3. The lowest BCUT2D eigenvalue weighted by Crippen LogP contribution is -2.36. The van der Waals surface area contributed by atoms with Gasteiger partial charge in [0.1, 0.15) is 0 Å². The summed E-state index contributed by atoms with van der Waals surface area (Å²) in [5.41, 5.74) is 3.08. The Bertz CT molecular complexity index is 1040. The van der Waals surface area contributed by atoms with Gasteiger partial charge in [-0.2, -0.15) is 0 Å². The number of carbonyl (C=O) groups is 2. The summed E-state index contributed by atoms with van der Waals surface area (Å²) in [7, 11) is 0. The van der Waals surface area contributed by atoms with E-state index in [1.54, 1.807) is 22.7 Å². The lowest BCUT2D eigenvalue weighted by molar-refractivity contribution is -0.140. The van der Waals surface area contributed by atoms with Crippen LogP contribution in [0.2, 0.25) is 0 Å². The molecule has 1 N–H and O–H groups in total. The first-order valence-electron chi connectivity index (χ1n) is 10.9. The summed E-state index contributed by atoms with van der Waals surface area (Å²) in [5, 5.41) is 5.49. The number of ketones is 1. The summed E-state index contributed by atoms with van der Waals surface area (Å²) >= 11 is 3.39. The summed E-state index contributed by atoms with van der Waals surface area (Å²) < 4.78 is 5.63. The molecule has 1 aliphatic carbocycles. The van der Waals surface area contributed by atoms with Gasteiger partial charge in [0.05, 0.1) is 18.1 Å². The van der Waals surface area contributed by atoms with E-state index in [0.717, 1.165) is 34.7 Å². The molecule has 4 rings (SSSR count). The molecule has 2 atom stereocenters. The zero-order valence-corrected chi connectivity index (χ0v) is 20.1. The molecule has 0 aromatic carbocycles. The highest BCUT2D eigenvalue weighted by Gasteiger charge is 2.42. The number of allylic oxidation sites excluding steroid dienone is 3. The Morgan fingerprint density at radius 1 is 1.23 bits per heavy atom. The third kappa shape index (κ3) is 4.41. The van der Waals surface area contributed by atoms with Crippen LogP contribution in [0.25, 0.3) is 0 Å². The molecule has 6 heteroatoms. The van der Waals surface area contributed by atoms with Crippen molar-refractivity contribution in [2.75, 3.05) is 6.61 Å².